The molecule has 0 spiro atoms. The number of hydrogen-bond acceptors (Lipinski definition) is 5. The maximum absolute atomic E-state index is 12.3. The molecule has 0 atom stereocenters. The van der Waals surface area contributed by atoms with Crippen molar-refractivity contribution < 1.29 is 9.72 Å². The number of hydrogen-bond donors (Lipinski definition) is 1. The normalized spacial score (nSPS) is 10.9. The molecule has 0 bridgehead atoms. The van der Waals surface area contributed by atoms with Gasteiger partial charge in [-0.15, -0.1) is 0 Å². The van der Waals surface area contributed by atoms with Gasteiger partial charge in [0, 0.05) is 40.0 Å². The molecule has 0 aliphatic carbocycles. The second-order valence-corrected chi connectivity index (χ2v) is 7.16. The highest BCUT2D eigenvalue weighted by molar-refractivity contribution is 6.30. The Labute approximate surface area is 187 Å². The molecule has 4 aromatic rings. The van der Waals surface area contributed by atoms with Crippen molar-refractivity contribution in [3.63, 3.8) is 0 Å². The predicted molar refractivity (Wildman–Crippen MR) is 122 cm³/mol. The zero-order valence-corrected chi connectivity index (χ0v) is 17.3. The van der Waals surface area contributed by atoms with Gasteiger partial charge < -0.3 is 0 Å². The van der Waals surface area contributed by atoms with Crippen molar-refractivity contribution >= 4 is 29.4 Å². The van der Waals surface area contributed by atoms with Gasteiger partial charge in [0.25, 0.3) is 11.6 Å². The molecule has 3 aromatic carbocycles. The van der Waals surface area contributed by atoms with E-state index in [0.717, 1.165) is 11.3 Å². The van der Waals surface area contributed by atoms with E-state index in [0.29, 0.717) is 16.3 Å². The second-order valence-electron chi connectivity index (χ2n) is 6.72. The lowest BCUT2D eigenvalue weighted by atomic mass is 10.1. The monoisotopic (exact) mass is 445 g/mol. The van der Waals surface area contributed by atoms with Gasteiger partial charge >= 0.3 is 0 Å². The second kappa shape index (κ2) is 9.23. The van der Waals surface area contributed by atoms with E-state index in [9.17, 15) is 14.9 Å². The number of nitro groups is 1. The number of nitro benzene ring substituents is 1. The van der Waals surface area contributed by atoms with E-state index < -0.39 is 10.8 Å². The average Bonchev–Trinajstić information content (AvgIpc) is 3.24. The lowest BCUT2D eigenvalue weighted by molar-refractivity contribution is -0.384. The Morgan fingerprint density at radius 2 is 1.72 bits per heavy atom. The minimum Gasteiger partial charge on any atom is -0.267 e. The molecule has 8 nitrogen and oxygen atoms in total. The number of nitrogens with zero attached hydrogens (tertiary/aromatic N) is 4. The van der Waals surface area contributed by atoms with Crippen molar-refractivity contribution in [1.82, 2.24) is 15.2 Å². The summed E-state index contributed by atoms with van der Waals surface area (Å²) < 4.78 is 1.73. The molecular weight excluding hydrogens is 430 g/mol. The van der Waals surface area contributed by atoms with Crippen LogP contribution in [-0.2, 0) is 0 Å². The number of amides is 1. The molecule has 0 unspecified atom stereocenters. The summed E-state index contributed by atoms with van der Waals surface area (Å²) in [6.45, 7) is 0. The van der Waals surface area contributed by atoms with E-state index in [1.165, 1.54) is 30.5 Å². The fourth-order valence-corrected chi connectivity index (χ4v) is 3.11. The molecule has 4 rings (SSSR count). The standard InChI is InChI=1S/C23H16ClN5O3/c24-19-10-6-16(7-11-19)22-18(15-28(27-22)20-4-2-1-3-5-20)14-25-26-23(30)17-8-12-21(13-9-17)29(31)32/h1-15H,(H,26,30)/b25-14-. The quantitative estimate of drug-likeness (QED) is 0.260. The van der Waals surface area contributed by atoms with Crippen molar-refractivity contribution in [1.29, 1.82) is 0 Å². The first-order chi connectivity index (χ1) is 15.5. The van der Waals surface area contributed by atoms with E-state index in [-0.39, 0.29) is 11.3 Å². The number of aromatic nitrogens is 2. The summed E-state index contributed by atoms with van der Waals surface area (Å²) in [6, 6.07) is 22.1. The number of nitrogens with one attached hydrogen (secondary N) is 1. The van der Waals surface area contributed by atoms with Gasteiger partial charge in [-0.05, 0) is 36.4 Å². The number of carbonyl (C=O) groups excluding carboxylic acids is 1. The van der Waals surface area contributed by atoms with E-state index >= 15 is 0 Å². The first-order valence-corrected chi connectivity index (χ1v) is 9.88. The number of para-hydroxylation sites is 1. The van der Waals surface area contributed by atoms with Crippen LogP contribution in [0, 0.1) is 10.1 Å². The third-order valence-electron chi connectivity index (χ3n) is 4.59. The summed E-state index contributed by atoms with van der Waals surface area (Å²) in [6.07, 6.45) is 3.31. The summed E-state index contributed by atoms with van der Waals surface area (Å²) >= 11 is 6.01. The fourth-order valence-electron chi connectivity index (χ4n) is 2.99. The van der Waals surface area contributed by atoms with Crippen molar-refractivity contribution in [3.05, 3.63) is 111 Å². The maximum Gasteiger partial charge on any atom is 0.271 e. The van der Waals surface area contributed by atoms with Gasteiger partial charge in [0.15, 0.2) is 0 Å². The van der Waals surface area contributed by atoms with E-state index in [2.05, 4.69) is 15.6 Å². The topological polar surface area (TPSA) is 102 Å². The largest absolute Gasteiger partial charge is 0.271 e. The van der Waals surface area contributed by atoms with Crippen LogP contribution in [0.2, 0.25) is 5.02 Å². The molecule has 9 heteroatoms. The Bertz CT molecular complexity index is 1280. The zero-order valence-electron chi connectivity index (χ0n) is 16.6. The minimum atomic E-state index is -0.525. The molecule has 0 aliphatic heterocycles. The number of carbonyl (C=O) groups is 1. The molecule has 1 amide bonds. The van der Waals surface area contributed by atoms with Crippen molar-refractivity contribution in [2.24, 2.45) is 5.10 Å². The average molecular weight is 446 g/mol. The summed E-state index contributed by atoms with van der Waals surface area (Å²) in [7, 11) is 0. The Morgan fingerprint density at radius 3 is 2.38 bits per heavy atom. The first kappa shape index (κ1) is 21.0. The predicted octanol–water partition coefficient (Wildman–Crippen LogP) is 4.86. The molecule has 0 saturated heterocycles. The van der Waals surface area contributed by atoms with Gasteiger partial charge in [-0.3, -0.25) is 14.9 Å². The highest BCUT2D eigenvalue weighted by atomic mass is 35.5. The van der Waals surface area contributed by atoms with Gasteiger partial charge in [0.2, 0.25) is 0 Å². The number of benzene rings is 3. The highest BCUT2D eigenvalue weighted by Crippen LogP contribution is 2.24. The van der Waals surface area contributed by atoms with Crippen LogP contribution in [0.1, 0.15) is 15.9 Å². The Balaban J connectivity index is 1.59. The SMILES string of the molecule is O=C(N/N=C\c1cn(-c2ccccc2)nc1-c1ccc(Cl)cc1)c1ccc([N+](=O)[O-])cc1. The Hall–Kier alpha value is -4.30. The van der Waals surface area contributed by atoms with Crippen LogP contribution in [-0.4, -0.2) is 26.8 Å². The summed E-state index contributed by atoms with van der Waals surface area (Å²) in [5, 5.41) is 20.1. The van der Waals surface area contributed by atoms with Crippen LogP contribution in [0.25, 0.3) is 16.9 Å². The van der Waals surface area contributed by atoms with Crippen molar-refractivity contribution in [3.8, 4) is 16.9 Å². The fraction of sp³-hybridized carbons (Fsp3) is 0. The highest BCUT2D eigenvalue weighted by Gasteiger charge is 2.12. The van der Waals surface area contributed by atoms with Crippen LogP contribution in [0.15, 0.2) is 90.2 Å². The lowest BCUT2D eigenvalue weighted by Gasteiger charge is -2.01. The van der Waals surface area contributed by atoms with Crippen molar-refractivity contribution in [2.75, 3.05) is 0 Å². The van der Waals surface area contributed by atoms with E-state index in [1.54, 1.807) is 23.0 Å². The first-order valence-electron chi connectivity index (χ1n) is 9.50. The molecule has 32 heavy (non-hydrogen) atoms. The number of hydrazone groups is 1. The molecule has 158 valence electrons. The lowest BCUT2D eigenvalue weighted by Crippen LogP contribution is -2.17. The Morgan fingerprint density at radius 1 is 1.03 bits per heavy atom. The summed E-state index contributed by atoms with van der Waals surface area (Å²) in [4.78, 5) is 22.5. The van der Waals surface area contributed by atoms with Crippen molar-refractivity contribution in [2.45, 2.75) is 0 Å². The van der Waals surface area contributed by atoms with Crippen LogP contribution < -0.4 is 5.43 Å². The summed E-state index contributed by atoms with van der Waals surface area (Å²) in [5.41, 5.74) is 5.66. The maximum atomic E-state index is 12.3. The van der Waals surface area contributed by atoms with E-state index in [4.69, 9.17) is 11.6 Å². The smallest absolute Gasteiger partial charge is 0.267 e. The van der Waals surface area contributed by atoms with Gasteiger partial charge in [-0.1, -0.05) is 41.9 Å². The molecule has 1 heterocycles. The van der Waals surface area contributed by atoms with Crippen LogP contribution in [0.3, 0.4) is 0 Å². The molecule has 0 fully saturated rings. The van der Waals surface area contributed by atoms with Crippen LogP contribution in [0.4, 0.5) is 5.69 Å². The number of rotatable bonds is 6. The van der Waals surface area contributed by atoms with Gasteiger partial charge in [-0.25, -0.2) is 10.1 Å². The van der Waals surface area contributed by atoms with Crippen LogP contribution in [0.5, 0.6) is 0 Å². The molecule has 0 saturated carbocycles. The molecule has 0 aliphatic rings. The summed E-state index contributed by atoms with van der Waals surface area (Å²) in [5.74, 6) is -0.486. The molecule has 0 radical (unpaired) electrons. The zero-order chi connectivity index (χ0) is 22.5. The molecule has 1 aromatic heterocycles. The minimum absolute atomic E-state index is 0.0917. The van der Waals surface area contributed by atoms with Gasteiger partial charge in [-0.2, -0.15) is 10.2 Å². The van der Waals surface area contributed by atoms with Gasteiger partial charge in [0.05, 0.1) is 16.8 Å². The molecule has 1 N–H and O–H groups in total. The third-order valence-corrected chi connectivity index (χ3v) is 4.84. The molecular formula is C23H16ClN5O3. The number of halogens is 1. The Kier molecular flexibility index (Phi) is 6.05. The third kappa shape index (κ3) is 4.71. The van der Waals surface area contributed by atoms with E-state index in [1.807, 2.05) is 42.5 Å². The van der Waals surface area contributed by atoms with Gasteiger partial charge in [0.1, 0.15) is 5.69 Å². The van der Waals surface area contributed by atoms with Crippen LogP contribution >= 0.6 is 11.6 Å². The number of non-ortho nitro benzene ring substituents is 1.